The Morgan fingerprint density at radius 3 is 2.23 bits per heavy atom. The first-order chi connectivity index (χ1) is 21.0. The highest BCUT2D eigenvalue weighted by Crippen LogP contribution is 2.39. The largest absolute Gasteiger partial charge is 0.543 e. The van der Waals surface area contributed by atoms with Gasteiger partial charge < -0.3 is 18.6 Å². The fourth-order valence-corrected chi connectivity index (χ4v) is 6.23. The number of methoxy groups -OCH3 is 2. The van der Waals surface area contributed by atoms with Crippen LogP contribution < -0.4 is 18.6 Å². The van der Waals surface area contributed by atoms with Gasteiger partial charge in [0.25, 0.3) is 0 Å². The second-order valence-electron chi connectivity index (χ2n) is 12.7. The number of nitrogens with zero attached hydrogens (tertiary/aromatic N) is 3. The van der Waals surface area contributed by atoms with E-state index in [1.54, 1.807) is 26.4 Å². The summed E-state index contributed by atoms with van der Waals surface area (Å²) < 4.78 is 25.5. The lowest BCUT2D eigenvalue weighted by molar-refractivity contribution is 0.238. The molecule has 2 heterocycles. The van der Waals surface area contributed by atoms with Crippen LogP contribution in [0.5, 0.6) is 23.0 Å². The van der Waals surface area contributed by atoms with Crippen LogP contribution in [-0.4, -0.2) is 69.2 Å². The van der Waals surface area contributed by atoms with E-state index >= 15 is 0 Å². The first kappa shape index (κ1) is 31.4. The van der Waals surface area contributed by atoms with E-state index in [2.05, 4.69) is 44.7 Å². The smallest absolute Gasteiger partial charge is 0.250 e. The molecule has 4 aromatic rings. The van der Waals surface area contributed by atoms with Crippen LogP contribution in [0.25, 0.3) is 28.1 Å². The van der Waals surface area contributed by atoms with Crippen molar-refractivity contribution in [3.63, 3.8) is 0 Å². The average Bonchev–Trinajstić information content (AvgIpc) is 3.65. The molecule has 1 aliphatic rings. The van der Waals surface area contributed by atoms with Crippen LogP contribution in [0, 0.1) is 0 Å². The Balaban J connectivity index is 1.55. The molecule has 232 valence electrons. The molecule has 8 nitrogen and oxygen atoms in total. The number of ether oxygens (including phenoxy) is 3. The first-order valence-electron chi connectivity index (χ1n) is 15.2. The quantitative estimate of drug-likeness (QED) is 0.130. The molecule has 0 N–H and O–H groups in total. The molecule has 0 atom stereocenters. The number of imidazole rings is 1. The number of benzene rings is 3. The van der Waals surface area contributed by atoms with Crippen molar-refractivity contribution in [3.05, 3.63) is 66.2 Å². The number of rotatable bonds is 11. The Kier molecular flexibility index (Phi) is 9.20. The van der Waals surface area contributed by atoms with Crippen molar-refractivity contribution in [3.8, 4) is 34.4 Å². The van der Waals surface area contributed by atoms with Gasteiger partial charge in [-0.25, -0.2) is 9.78 Å². The lowest BCUT2D eigenvalue weighted by Crippen LogP contribution is -2.43. The summed E-state index contributed by atoms with van der Waals surface area (Å²) in [4.78, 5) is 20.2. The van der Waals surface area contributed by atoms with E-state index in [4.69, 9.17) is 23.6 Å². The monoisotopic (exact) mass is 613 g/mol. The molecule has 0 saturated carbocycles. The molecule has 0 bridgehead atoms. The lowest BCUT2D eigenvalue weighted by Gasteiger charge is -2.36. The van der Waals surface area contributed by atoms with Crippen molar-refractivity contribution in [1.82, 2.24) is 14.5 Å². The van der Waals surface area contributed by atoms with Crippen LogP contribution in [0.3, 0.4) is 0 Å². The normalized spacial score (nSPS) is 14.0. The molecule has 1 aromatic heterocycles. The van der Waals surface area contributed by atoms with E-state index in [0.29, 0.717) is 35.2 Å². The maximum absolute atomic E-state index is 12.7. The van der Waals surface area contributed by atoms with Gasteiger partial charge in [0.1, 0.15) is 29.6 Å². The number of likely N-dealkylation sites (tertiary alicyclic amines) is 1. The molecule has 1 saturated heterocycles. The fourth-order valence-electron chi connectivity index (χ4n) is 5.21. The predicted molar refractivity (Wildman–Crippen MR) is 178 cm³/mol. The summed E-state index contributed by atoms with van der Waals surface area (Å²) in [6.45, 7) is 15.0. The van der Waals surface area contributed by atoms with Crippen molar-refractivity contribution >= 4 is 31.0 Å². The lowest BCUT2D eigenvalue weighted by atomic mass is 10.1. The maximum atomic E-state index is 12.7. The van der Waals surface area contributed by atoms with Gasteiger partial charge in [-0.05, 0) is 98.7 Å². The second kappa shape index (κ2) is 12.9. The van der Waals surface area contributed by atoms with Crippen molar-refractivity contribution < 1.29 is 23.4 Å². The van der Waals surface area contributed by atoms with Crippen LogP contribution in [0.2, 0.25) is 18.1 Å². The fraction of sp³-hybridized carbons (Fsp3) is 0.400. The zero-order valence-corrected chi connectivity index (χ0v) is 27.9. The number of aromatic nitrogens is 2. The molecule has 0 radical (unpaired) electrons. The van der Waals surface area contributed by atoms with Gasteiger partial charge in [-0.1, -0.05) is 20.8 Å². The summed E-state index contributed by atoms with van der Waals surface area (Å²) in [5, 5.41) is 0.0472. The number of hydrogen-bond acceptors (Lipinski definition) is 7. The van der Waals surface area contributed by atoms with Crippen molar-refractivity contribution in [2.24, 2.45) is 0 Å². The van der Waals surface area contributed by atoms with Gasteiger partial charge in [0.15, 0.2) is 17.4 Å². The Labute approximate surface area is 261 Å². The Hall–Kier alpha value is -4.04. The summed E-state index contributed by atoms with van der Waals surface area (Å²) in [7, 11) is 1.08. The highest BCUT2D eigenvalue weighted by Gasteiger charge is 2.39. The number of hydrogen-bond donors (Lipinski definition) is 0. The van der Waals surface area contributed by atoms with Gasteiger partial charge in [0.2, 0.25) is 8.32 Å². The van der Waals surface area contributed by atoms with Gasteiger partial charge >= 0.3 is 0 Å². The van der Waals surface area contributed by atoms with E-state index < -0.39 is 8.32 Å². The zero-order chi connectivity index (χ0) is 31.5. The van der Waals surface area contributed by atoms with E-state index in [1.807, 2.05) is 53.1 Å². The van der Waals surface area contributed by atoms with Gasteiger partial charge in [0.05, 0.1) is 25.3 Å². The second-order valence-corrected chi connectivity index (χ2v) is 17.5. The van der Waals surface area contributed by atoms with Crippen molar-refractivity contribution in [1.29, 1.82) is 0 Å². The molecule has 1 fully saturated rings. The van der Waals surface area contributed by atoms with Gasteiger partial charge in [-0.2, -0.15) is 0 Å². The molecule has 0 amide bonds. The van der Waals surface area contributed by atoms with Crippen LogP contribution in [0.1, 0.15) is 39.2 Å². The maximum Gasteiger partial charge on any atom is 0.250 e. The molecule has 1 aliphatic heterocycles. The van der Waals surface area contributed by atoms with Crippen LogP contribution in [0.15, 0.2) is 60.7 Å². The molecule has 0 aliphatic carbocycles. The molecular formula is C35H43N3O5Si. The van der Waals surface area contributed by atoms with Gasteiger partial charge in [0, 0.05) is 23.7 Å². The van der Waals surface area contributed by atoms with Crippen LogP contribution >= 0.6 is 0 Å². The Morgan fingerprint density at radius 1 is 0.909 bits per heavy atom. The summed E-state index contributed by atoms with van der Waals surface area (Å²) in [5.41, 5.74) is 3.26. The van der Waals surface area contributed by atoms with E-state index in [1.165, 1.54) is 12.8 Å². The Morgan fingerprint density at radius 2 is 1.59 bits per heavy atom. The average molecular weight is 614 g/mol. The van der Waals surface area contributed by atoms with Gasteiger partial charge in [-0.3, -0.25) is 9.47 Å². The number of carbonyl (C=O) groups excluding carboxylic acids is 1. The molecular weight excluding hydrogens is 570 g/mol. The first-order valence-corrected chi connectivity index (χ1v) is 18.1. The van der Waals surface area contributed by atoms with E-state index in [9.17, 15) is 4.79 Å². The molecule has 0 spiro atoms. The minimum Gasteiger partial charge on any atom is -0.543 e. The SMILES string of the molecule is COc1ccc(C(=C=O)n2c(-c3ccc(OCCN4CCCC4)cc3)nc3cc(O[Si](C)(C)C(C)(C)C)ccc32)cc1OC. The Bertz CT molecular complexity index is 1660. The highest BCUT2D eigenvalue weighted by molar-refractivity contribution is 6.74. The van der Waals surface area contributed by atoms with E-state index in [0.717, 1.165) is 47.7 Å². The van der Waals surface area contributed by atoms with Crippen LogP contribution in [0.4, 0.5) is 0 Å². The summed E-state index contributed by atoms with van der Waals surface area (Å²) in [6.07, 6.45) is 2.53. The number of fused-ring (bicyclic) bond motifs is 1. The minimum absolute atomic E-state index is 0.0472. The minimum atomic E-state index is -2.08. The van der Waals surface area contributed by atoms with Crippen molar-refractivity contribution in [2.75, 3.05) is 40.5 Å². The predicted octanol–water partition coefficient (Wildman–Crippen LogP) is 7.30. The molecule has 3 aromatic carbocycles. The standard InChI is InChI=1S/C35H43N3O5Si/c1-35(2,3)44(6,7)43-28-15-16-30-29(23-28)36-34(25-10-13-27(14-11-25)42-21-20-37-18-8-9-19-37)38(30)31(24-39)26-12-17-32(40-4)33(22-26)41-5/h10-17,22-23H,8-9,18-21H2,1-7H3. The van der Waals surface area contributed by atoms with Crippen molar-refractivity contribution in [2.45, 2.75) is 51.7 Å². The summed E-state index contributed by atoms with van der Waals surface area (Å²) >= 11 is 0. The third-order valence-electron chi connectivity index (χ3n) is 8.77. The molecule has 0 unspecified atom stereocenters. The van der Waals surface area contributed by atoms with Crippen LogP contribution in [-0.2, 0) is 4.79 Å². The third-order valence-corrected chi connectivity index (χ3v) is 13.1. The molecule has 9 heteroatoms. The molecule has 44 heavy (non-hydrogen) atoms. The topological polar surface area (TPSA) is 75.1 Å². The van der Waals surface area contributed by atoms with Gasteiger partial charge in [-0.15, -0.1) is 0 Å². The third kappa shape index (κ3) is 6.55. The van der Waals surface area contributed by atoms with E-state index in [-0.39, 0.29) is 5.04 Å². The zero-order valence-electron chi connectivity index (χ0n) is 26.9. The summed E-state index contributed by atoms with van der Waals surface area (Å²) in [6, 6.07) is 19.1. The summed E-state index contributed by atoms with van der Waals surface area (Å²) in [5.74, 6) is 5.46. The molecule has 5 rings (SSSR count). The highest BCUT2D eigenvalue weighted by atomic mass is 28.4.